The zero-order valence-corrected chi connectivity index (χ0v) is 17.7. The molecule has 1 fully saturated rings. The highest BCUT2D eigenvalue weighted by Gasteiger charge is 2.28. The van der Waals surface area contributed by atoms with Crippen LogP contribution < -0.4 is 5.56 Å². The molecule has 160 valence electrons. The van der Waals surface area contributed by atoms with Gasteiger partial charge in [-0.1, -0.05) is 12.1 Å². The molecule has 0 aliphatic carbocycles. The van der Waals surface area contributed by atoms with Gasteiger partial charge in [-0.25, -0.2) is 9.37 Å². The highest BCUT2D eigenvalue weighted by molar-refractivity contribution is 5.78. The van der Waals surface area contributed by atoms with E-state index >= 15 is 0 Å². The maximum absolute atomic E-state index is 13.4. The molecule has 1 aromatic heterocycles. The Morgan fingerprint density at radius 1 is 1.27 bits per heavy atom. The number of rotatable bonds is 4. The topological polar surface area (TPSA) is 69.3 Å². The van der Waals surface area contributed by atoms with Crippen LogP contribution in [0.2, 0.25) is 0 Å². The Kier molecular flexibility index (Phi) is 5.99. The fourth-order valence-corrected chi connectivity index (χ4v) is 4.45. The molecule has 6 nitrogen and oxygen atoms in total. The van der Waals surface area contributed by atoms with Crippen LogP contribution in [0.3, 0.4) is 0 Å². The summed E-state index contributed by atoms with van der Waals surface area (Å²) in [5, 5.41) is 0. The van der Waals surface area contributed by atoms with Gasteiger partial charge in [0.15, 0.2) is 0 Å². The average molecular weight is 413 g/mol. The molecule has 1 N–H and O–H groups in total. The Balaban J connectivity index is 1.41. The molecule has 0 radical (unpaired) electrons. The average Bonchev–Trinajstić information content (AvgIpc) is 2.73. The van der Waals surface area contributed by atoms with Crippen LogP contribution in [0, 0.1) is 5.82 Å². The first kappa shape index (κ1) is 20.7. The van der Waals surface area contributed by atoms with E-state index in [1.54, 1.807) is 12.1 Å². The first-order valence-electron chi connectivity index (χ1n) is 10.8. The number of hydrogen-bond acceptors (Lipinski definition) is 4. The van der Waals surface area contributed by atoms with Gasteiger partial charge in [-0.3, -0.25) is 14.5 Å². The Morgan fingerprint density at radius 3 is 2.73 bits per heavy atom. The van der Waals surface area contributed by atoms with E-state index in [1.807, 2.05) is 4.90 Å². The number of nitrogens with zero attached hydrogens (tertiary/aromatic N) is 3. The lowest BCUT2D eigenvalue weighted by Gasteiger charge is -2.33. The summed E-state index contributed by atoms with van der Waals surface area (Å²) in [6.07, 6.45) is 2.49. The smallest absolute Gasteiger partial charge is 0.254 e. The molecular formula is C23H29FN4O2. The monoisotopic (exact) mass is 412 g/mol. The fourth-order valence-electron chi connectivity index (χ4n) is 4.45. The molecule has 0 bridgehead atoms. The van der Waals surface area contributed by atoms with Crippen LogP contribution in [0.25, 0.3) is 0 Å². The summed E-state index contributed by atoms with van der Waals surface area (Å²) in [6, 6.07) is 6.62. The van der Waals surface area contributed by atoms with Gasteiger partial charge in [0, 0.05) is 43.7 Å². The SMILES string of the molecule is CC(C)N1CCc2c(nc(C3CCN(C(=O)Cc4cccc(F)c4)CC3)[nH]c2=O)C1. The number of aromatic amines is 1. The number of hydrogen-bond donors (Lipinski definition) is 1. The van der Waals surface area contributed by atoms with E-state index in [2.05, 4.69) is 23.7 Å². The summed E-state index contributed by atoms with van der Waals surface area (Å²) in [6.45, 7) is 7.18. The molecule has 7 heteroatoms. The minimum absolute atomic E-state index is 0.0111. The summed E-state index contributed by atoms with van der Waals surface area (Å²) >= 11 is 0. The third-order valence-corrected chi connectivity index (χ3v) is 6.33. The summed E-state index contributed by atoms with van der Waals surface area (Å²) in [4.78, 5) is 37.2. The van der Waals surface area contributed by atoms with Gasteiger partial charge in [-0.2, -0.15) is 0 Å². The Hall–Kier alpha value is -2.54. The number of nitrogens with one attached hydrogen (secondary N) is 1. The lowest BCUT2D eigenvalue weighted by atomic mass is 9.94. The molecule has 2 aliphatic heterocycles. The van der Waals surface area contributed by atoms with Crippen molar-refractivity contribution in [3.8, 4) is 0 Å². The summed E-state index contributed by atoms with van der Waals surface area (Å²) < 4.78 is 13.4. The number of carbonyl (C=O) groups excluding carboxylic acids is 1. The quantitative estimate of drug-likeness (QED) is 0.838. The normalized spacial score (nSPS) is 17.9. The number of fused-ring (bicyclic) bond motifs is 1. The van der Waals surface area contributed by atoms with Gasteiger partial charge in [0.1, 0.15) is 11.6 Å². The van der Waals surface area contributed by atoms with Gasteiger partial charge < -0.3 is 9.88 Å². The molecule has 30 heavy (non-hydrogen) atoms. The molecule has 0 saturated carbocycles. The number of piperidine rings is 1. The zero-order chi connectivity index (χ0) is 21.3. The number of likely N-dealkylation sites (tertiary alicyclic amines) is 1. The largest absolute Gasteiger partial charge is 0.342 e. The van der Waals surface area contributed by atoms with Crippen molar-refractivity contribution in [1.82, 2.24) is 19.8 Å². The van der Waals surface area contributed by atoms with Gasteiger partial charge >= 0.3 is 0 Å². The van der Waals surface area contributed by atoms with Gasteiger partial charge in [0.25, 0.3) is 5.56 Å². The predicted molar refractivity (Wildman–Crippen MR) is 113 cm³/mol. The van der Waals surface area contributed by atoms with E-state index in [4.69, 9.17) is 4.98 Å². The van der Waals surface area contributed by atoms with E-state index in [1.165, 1.54) is 12.1 Å². The van der Waals surface area contributed by atoms with Crippen LogP contribution in [0.15, 0.2) is 29.1 Å². The van der Waals surface area contributed by atoms with E-state index < -0.39 is 0 Å². The summed E-state index contributed by atoms with van der Waals surface area (Å²) in [7, 11) is 0. The Labute approximate surface area is 176 Å². The number of benzene rings is 1. The number of halogens is 1. The molecule has 2 aliphatic rings. The van der Waals surface area contributed by atoms with Crippen LogP contribution in [0.5, 0.6) is 0 Å². The lowest BCUT2D eigenvalue weighted by Crippen LogP contribution is -2.41. The molecule has 2 aromatic rings. The number of carbonyl (C=O) groups is 1. The van der Waals surface area contributed by atoms with E-state index in [-0.39, 0.29) is 29.6 Å². The fraction of sp³-hybridized carbons (Fsp3) is 0.522. The second-order valence-electron chi connectivity index (χ2n) is 8.65. The van der Waals surface area contributed by atoms with E-state index in [0.717, 1.165) is 49.4 Å². The number of H-pyrrole nitrogens is 1. The minimum atomic E-state index is -0.322. The maximum Gasteiger partial charge on any atom is 0.254 e. The van der Waals surface area contributed by atoms with Crippen LogP contribution in [-0.4, -0.2) is 51.4 Å². The highest BCUT2D eigenvalue weighted by atomic mass is 19.1. The zero-order valence-electron chi connectivity index (χ0n) is 17.7. The van der Waals surface area contributed by atoms with Crippen molar-refractivity contribution in [2.24, 2.45) is 0 Å². The van der Waals surface area contributed by atoms with Crippen molar-refractivity contribution < 1.29 is 9.18 Å². The second kappa shape index (κ2) is 8.68. The van der Waals surface area contributed by atoms with Crippen molar-refractivity contribution in [2.45, 2.75) is 58.0 Å². The van der Waals surface area contributed by atoms with E-state index in [9.17, 15) is 14.0 Å². The van der Waals surface area contributed by atoms with Gasteiger partial charge in [-0.15, -0.1) is 0 Å². The summed E-state index contributed by atoms with van der Waals surface area (Å²) in [5.74, 6) is 0.591. The Bertz CT molecular complexity index is 979. The second-order valence-corrected chi connectivity index (χ2v) is 8.65. The van der Waals surface area contributed by atoms with Crippen molar-refractivity contribution in [3.05, 3.63) is 63.1 Å². The third-order valence-electron chi connectivity index (χ3n) is 6.33. The van der Waals surface area contributed by atoms with Crippen molar-refractivity contribution in [3.63, 3.8) is 0 Å². The van der Waals surface area contributed by atoms with Crippen LogP contribution in [0.4, 0.5) is 4.39 Å². The van der Waals surface area contributed by atoms with Gasteiger partial charge in [-0.05, 0) is 50.8 Å². The molecule has 1 amide bonds. The third kappa shape index (κ3) is 4.46. The van der Waals surface area contributed by atoms with Gasteiger partial charge in [0.05, 0.1) is 12.1 Å². The molecule has 0 spiro atoms. The molecule has 3 heterocycles. The van der Waals surface area contributed by atoms with E-state index in [0.29, 0.717) is 24.7 Å². The van der Waals surface area contributed by atoms with Crippen molar-refractivity contribution >= 4 is 5.91 Å². The predicted octanol–water partition coefficient (Wildman–Crippen LogP) is 2.62. The maximum atomic E-state index is 13.4. The van der Waals surface area contributed by atoms with Gasteiger partial charge in [0.2, 0.25) is 5.91 Å². The van der Waals surface area contributed by atoms with Crippen LogP contribution in [0.1, 0.15) is 55.3 Å². The van der Waals surface area contributed by atoms with Crippen molar-refractivity contribution in [1.29, 1.82) is 0 Å². The Morgan fingerprint density at radius 2 is 2.03 bits per heavy atom. The molecule has 1 saturated heterocycles. The minimum Gasteiger partial charge on any atom is -0.342 e. The molecule has 4 rings (SSSR count). The van der Waals surface area contributed by atoms with Crippen LogP contribution >= 0.6 is 0 Å². The molecule has 0 atom stereocenters. The first-order valence-corrected chi connectivity index (χ1v) is 10.8. The standard InChI is InChI=1S/C23H29FN4O2/c1-15(2)28-11-8-19-20(14-28)25-22(26-23(19)30)17-6-9-27(10-7-17)21(29)13-16-4-3-5-18(24)12-16/h3-5,12,15,17H,6-11,13-14H2,1-2H3,(H,25,26,30). The molecule has 0 unspecified atom stereocenters. The number of aromatic nitrogens is 2. The number of amides is 1. The first-order chi connectivity index (χ1) is 14.4. The molecular weight excluding hydrogens is 383 g/mol. The summed E-state index contributed by atoms with van der Waals surface area (Å²) in [5.41, 5.74) is 2.40. The van der Waals surface area contributed by atoms with Crippen molar-refractivity contribution in [2.75, 3.05) is 19.6 Å². The molecule has 1 aromatic carbocycles. The highest BCUT2D eigenvalue weighted by Crippen LogP contribution is 2.27. The lowest BCUT2D eigenvalue weighted by molar-refractivity contribution is -0.131. The van der Waals surface area contributed by atoms with Crippen LogP contribution in [-0.2, 0) is 24.2 Å².